The smallest absolute Gasteiger partial charge is 0.244 e. The number of benzene rings is 1. The van der Waals surface area contributed by atoms with Crippen molar-refractivity contribution in [3.05, 3.63) is 29.8 Å². The van der Waals surface area contributed by atoms with E-state index in [2.05, 4.69) is 46.3 Å². The Morgan fingerprint density at radius 1 is 1.20 bits per heavy atom. The molecule has 0 aliphatic carbocycles. The summed E-state index contributed by atoms with van der Waals surface area (Å²) in [6, 6.07) is 8.52. The number of carbonyl (C=O) groups excluding carboxylic acids is 1. The number of hydrogen-bond acceptors (Lipinski definition) is 5. The maximum Gasteiger partial charge on any atom is 0.244 e. The van der Waals surface area contributed by atoms with E-state index >= 15 is 0 Å². The van der Waals surface area contributed by atoms with Crippen LogP contribution in [-0.2, 0) is 9.53 Å². The van der Waals surface area contributed by atoms with Crippen LogP contribution < -0.4 is 10.2 Å². The van der Waals surface area contributed by atoms with Crippen molar-refractivity contribution in [3.63, 3.8) is 0 Å². The molecule has 2 unspecified atom stereocenters. The van der Waals surface area contributed by atoms with Crippen LogP contribution in [0.2, 0.25) is 0 Å². The zero-order chi connectivity index (χ0) is 17.8. The summed E-state index contributed by atoms with van der Waals surface area (Å²) < 4.78 is 5.42. The van der Waals surface area contributed by atoms with E-state index in [-0.39, 0.29) is 11.9 Å². The fourth-order valence-electron chi connectivity index (χ4n) is 3.63. The summed E-state index contributed by atoms with van der Waals surface area (Å²) in [6.07, 6.45) is 0. The largest absolute Gasteiger partial charge is 0.378 e. The minimum Gasteiger partial charge on any atom is -0.378 e. The summed E-state index contributed by atoms with van der Waals surface area (Å²) in [5, 5.41) is 3.42. The molecule has 0 aromatic heterocycles. The van der Waals surface area contributed by atoms with Gasteiger partial charge in [-0.2, -0.15) is 0 Å². The number of nitrogens with one attached hydrogen (secondary N) is 1. The summed E-state index contributed by atoms with van der Waals surface area (Å²) in [5.74, 6) is 0.203. The van der Waals surface area contributed by atoms with Gasteiger partial charge in [-0.05, 0) is 24.6 Å². The number of carbonyl (C=O) groups is 1. The summed E-state index contributed by atoms with van der Waals surface area (Å²) in [5.41, 5.74) is 2.23. The van der Waals surface area contributed by atoms with Gasteiger partial charge >= 0.3 is 0 Å². The fourth-order valence-corrected chi connectivity index (χ4v) is 3.63. The lowest BCUT2D eigenvalue weighted by molar-refractivity contribution is -0.142. The van der Waals surface area contributed by atoms with Crippen molar-refractivity contribution in [1.29, 1.82) is 0 Å². The van der Waals surface area contributed by atoms with Crippen molar-refractivity contribution >= 4 is 11.6 Å². The number of hydrogen-bond donors (Lipinski definition) is 1. The monoisotopic (exact) mass is 346 g/mol. The molecule has 3 rings (SSSR count). The molecule has 1 aromatic rings. The topological polar surface area (TPSA) is 48.1 Å². The summed E-state index contributed by atoms with van der Waals surface area (Å²) in [6.45, 7) is 7.56. The maximum absolute atomic E-state index is 13.4. The van der Waals surface area contributed by atoms with Crippen LogP contribution in [0.3, 0.4) is 0 Å². The molecule has 2 heterocycles. The summed E-state index contributed by atoms with van der Waals surface area (Å²) >= 11 is 0. The molecule has 1 N–H and O–H groups in total. The third-order valence-electron chi connectivity index (χ3n) is 5.17. The molecule has 6 nitrogen and oxygen atoms in total. The average molecular weight is 346 g/mol. The first-order valence-electron chi connectivity index (χ1n) is 9.18. The van der Waals surface area contributed by atoms with Crippen LogP contribution in [0.15, 0.2) is 24.3 Å². The minimum absolute atomic E-state index is 0.203. The molecule has 138 valence electrons. The van der Waals surface area contributed by atoms with Gasteiger partial charge in [-0.3, -0.25) is 9.69 Å². The quantitative estimate of drug-likeness (QED) is 0.880. The molecule has 2 fully saturated rings. The molecular weight excluding hydrogens is 316 g/mol. The predicted octanol–water partition coefficient (Wildman–Crippen LogP) is 0.946. The number of morpholine rings is 1. The Balaban J connectivity index is 1.88. The van der Waals surface area contributed by atoms with Gasteiger partial charge in [-0.1, -0.05) is 12.1 Å². The normalized spacial score (nSPS) is 23.3. The molecule has 25 heavy (non-hydrogen) atoms. The van der Waals surface area contributed by atoms with E-state index < -0.39 is 0 Å². The molecule has 1 aromatic carbocycles. The van der Waals surface area contributed by atoms with Gasteiger partial charge in [0.05, 0.1) is 13.2 Å². The van der Waals surface area contributed by atoms with Gasteiger partial charge in [0.2, 0.25) is 5.91 Å². The van der Waals surface area contributed by atoms with Crippen LogP contribution in [0, 0.1) is 0 Å². The molecular formula is C19H30N4O2. The van der Waals surface area contributed by atoms with E-state index in [0.29, 0.717) is 32.3 Å². The Morgan fingerprint density at radius 2 is 1.88 bits per heavy atom. The van der Waals surface area contributed by atoms with Crippen LogP contribution in [-0.4, -0.2) is 81.8 Å². The molecule has 6 heteroatoms. The predicted molar refractivity (Wildman–Crippen MR) is 99.9 cm³/mol. The zero-order valence-corrected chi connectivity index (χ0v) is 15.6. The lowest BCUT2D eigenvalue weighted by atomic mass is 10.00. The highest BCUT2D eigenvalue weighted by Crippen LogP contribution is 2.28. The molecule has 2 aliphatic heterocycles. The molecule has 0 radical (unpaired) electrons. The van der Waals surface area contributed by atoms with Crippen LogP contribution in [0.25, 0.3) is 0 Å². The molecule has 0 bridgehead atoms. The number of piperazine rings is 1. The third kappa shape index (κ3) is 4.14. The van der Waals surface area contributed by atoms with Gasteiger partial charge < -0.3 is 19.9 Å². The van der Waals surface area contributed by atoms with Crippen molar-refractivity contribution in [2.24, 2.45) is 0 Å². The molecule has 0 spiro atoms. The van der Waals surface area contributed by atoms with E-state index in [1.807, 2.05) is 19.0 Å². The van der Waals surface area contributed by atoms with E-state index in [1.54, 1.807) is 0 Å². The number of ether oxygens (including phenoxy) is 1. The number of anilines is 1. The molecule has 2 saturated heterocycles. The Kier molecular flexibility index (Phi) is 5.93. The highest BCUT2D eigenvalue weighted by atomic mass is 16.5. The Labute approximate surface area is 150 Å². The SMILES string of the molecule is CC1CNCCN1C(C(=O)N1CCOCC1)c1ccc(N(C)C)cc1. The van der Waals surface area contributed by atoms with E-state index in [4.69, 9.17) is 4.74 Å². The second-order valence-electron chi connectivity index (χ2n) is 7.12. The summed E-state index contributed by atoms with van der Waals surface area (Å²) in [4.78, 5) is 19.7. The standard InChI is InChI=1S/C19H30N4O2/c1-15-14-20-8-9-23(15)18(19(24)22-10-12-25-13-11-22)16-4-6-17(7-5-16)21(2)3/h4-7,15,18,20H,8-14H2,1-3H3. The second-order valence-corrected chi connectivity index (χ2v) is 7.12. The first kappa shape index (κ1) is 18.2. The molecule has 2 atom stereocenters. The van der Waals surface area contributed by atoms with Gasteiger partial charge in [0.25, 0.3) is 0 Å². The average Bonchev–Trinajstić information content (AvgIpc) is 2.64. The van der Waals surface area contributed by atoms with Crippen LogP contribution in [0.5, 0.6) is 0 Å². The van der Waals surface area contributed by atoms with Crippen LogP contribution in [0.4, 0.5) is 5.69 Å². The van der Waals surface area contributed by atoms with Crippen molar-refractivity contribution in [1.82, 2.24) is 15.1 Å². The fraction of sp³-hybridized carbons (Fsp3) is 0.632. The summed E-state index contributed by atoms with van der Waals surface area (Å²) in [7, 11) is 4.06. The molecule has 0 saturated carbocycles. The van der Waals surface area contributed by atoms with E-state index in [9.17, 15) is 4.79 Å². The highest BCUT2D eigenvalue weighted by Gasteiger charge is 2.35. The number of nitrogens with zero attached hydrogens (tertiary/aromatic N) is 3. The van der Waals surface area contributed by atoms with Gasteiger partial charge in [-0.15, -0.1) is 0 Å². The lowest BCUT2D eigenvalue weighted by Crippen LogP contribution is -2.55. The van der Waals surface area contributed by atoms with Crippen molar-refractivity contribution < 1.29 is 9.53 Å². The van der Waals surface area contributed by atoms with Gasteiger partial charge in [0, 0.05) is 58.5 Å². The van der Waals surface area contributed by atoms with E-state index in [1.165, 1.54) is 0 Å². The first-order valence-corrected chi connectivity index (χ1v) is 9.18. The minimum atomic E-state index is -0.216. The number of amides is 1. The Bertz CT molecular complexity index is 569. The second kappa shape index (κ2) is 8.17. The van der Waals surface area contributed by atoms with Crippen molar-refractivity contribution in [2.45, 2.75) is 19.0 Å². The van der Waals surface area contributed by atoms with E-state index in [0.717, 1.165) is 30.9 Å². The van der Waals surface area contributed by atoms with Gasteiger partial charge in [-0.25, -0.2) is 0 Å². The van der Waals surface area contributed by atoms with Gasteiger partial charge in [0.1, 0.15) is 6.04 Å². The molecule has 1 amide bonds. The Morgan fingerprint density at radius 3 is 2.48 bits per heavy atom. The molecule has 2 aliphatic rings. The lowest BCUT2D eigenvalue weighted by Gasteiger charge is -2.41. The van der Waals surface area contributed by atoms with Crippen LogP contribution >= 0.6 is 0 Å². The zero-order valence-electron chi connectivity index (χ0n) is 15.6. The van der Waals surface area contributed by atoms with Crippen molar-refractivity contribution in [2.75, 3.05) is 64.9 Å². The number of rotatable bonds is 4. The highest BCUT2D eigenvalue weighted by molar-refractivity contribution is 5.83. The van der Waals surface area contributed by atoms with Crippen molar-refractivity contribution in [3.8, 4) is 0 Å². The first-order chi connectivity index (χ1) is 12.1. The third-order valence-corrected chi connectivity index (χ3v) is 5.17. The Hall–Kier alpha value is -1.63. The maximum atomic E-state index is 13.4. The van der Waals surface area contributed by atoms with Gasteiger partial charge in [0.15, 0.2) is 0 Å². The van der Waals surface area contributed by atoms with Crippen LogP contribution in [0.1, 0.15) is 18.5 Å².